The maximum atomic E-state index is 12.1. The fourth-order valence-corrected chi connectivity index (χ4v) is 3.12. The Bertz CT molecular complexity index is 796. The molecule has 0 unspecified atom stereocenters. The van der Waals surface area contributed by atoms with Gasteiger partial charge in [0.15, 0.2) is 5.15 Å². The molecule has 108 valence electrons. The van der Waals surface area contributed by atoms with Gasteiger partial charge in [0.05, 0.1) is 23.1 Å². The average Bonchev–Trinajstić information content (AvgIpc) is 2.43. The van der Waals surface area contributed by atoms with Gasteiger partial charge >= 0.3 is 0 Å². The molecule has 1 aromatic carbocycles. The van der Waals surface area contributed by atoms with Crippen molar-refractivity contribution < 1.29 is 8.42 Å². The van der Waals surface area contributed by atoms with Crippen molar-refractivity contribution in [2.45, 2.75) is 12.7 Å². The second-order valence-corrected chi connectivity index (χ2v) is 6.60. The lowest BCUT2D eigenvalue weighted by atomic mass is 10.2. The van der Waals surface area contributed by atoms with Crippen LogP contribution in [0.1, 0.15) is 16.7 Å². The van der Waals surface area contributed by atoms with Gasteiger partial charge in [-0.1, -0.05) is 23.7 Å². The van der Waals surface area contributed by atoms with Crippen LogP contribution in [-0.4, -0.2) is 13.4 Å². The first kappa shape index (κ1) is 15.3. The highest BCUT2D eigenvalue weighted by Crippen LogP contribution is 2.22. The van der Waals surface area contributed by atoms with Crippen molar-refractivity contribution in [2.75, 3.05) is 4.72 Å². The van der Waals surface area contributed by atoms with Gasteiger partial charge in [0.25, 0.3) is 0 Å². The van der Waals surface area contributed by atoms with Gasteiger partial charge in [-0.25, -0.2) is 13.4 Å². The Morgan fingerprint density at radius 1 is 1.33 bits per heavy atom. The lowest BCUT2D eigenvalue weighted by Crippen LogP contribution is -2.15. The van der Waals surface area contributed by atoms with E-state index in [1.54, 1.807) is 43.5 Å². The highest BCUT2D eigenvalue weighted by Gasteiger charge is 2.14. The summed E-state index contributed by atoms with van der Waals surface area (Å²) < 4.78 is 26.7. The Morgan fingerprint density at radius 2 is 2.00 bits per heavy atom. The molecule has 0 fully saturated rings. The number of nitriles is 1. The SMILES string of the molecule is Cc1cnc(Cl)c(NS(=O)(=O)Cc2ccc(C#N)cc2)c1. The van der Waals surface area contributed by atoms with Gasteiger partial charge in [-0.3, -0.25) is 4.72 Å². The zero-order valence-corrected chi connectivity index (χ0v) is 12.7. The quantitative estimate of drug-likeness (QED) is 0.878. The third-order valence-electron chi connectivity index (χ3n) is 2.68. The maximum Gasteiger partial charge on any atom is 0.237 e. The van der Waals surface area contributed by atoms with E-state index in [2.05, 4.69) is 9.71 Å². The van der Waals surface area contributed by atoms with Crippen molar-refractivity contribution in [2.24, 2.45) is 0 Å². The molecule has 0 radical (unpaired) electrons. The molecule has 0 atom stereocenters. The van der Waals surface area contributed by atoms with Crippen molar-refractivity contribution >= 4 is 27.3 Å². The summed E-state index contributed by atoms with van der Waals surface area (Å²) in [5.74, 6) is -0.205. The van der Waals surface area contributed by atoms with Gasteiger partial charge in [0.1, 0.15) is 0 Å². The van der Waals surface area contributed by atoms with Gasteiger partial charge in [-0.15, -0.1) is 0 Å². The molecule has 0 spiro atoms. The van der Waals surface area contributed by atoms with Crippen LogP contribution in [0.5, 0.6) is 0 Å². The number of aryl methyl sites for hydroxylation is 1. The first-order valence-electron chi connectivity index (χ1n) is 6.01. The summed E-state index contributed by atoms with van der Waals surface area (Å²) in [5.41, 5.74) is 2.12. The summed E-state index contributed by atoms with van der Waals surface area (Å²) >= 11 is 5.87. The van der Waals surface area contributed by atoms with Crippen LogP contribution < -0.4 is 4.72 Å². The van der Waals surface area contributed by atoms with Crippen molar-refractivity contribution in [3.05, 3.63) is 58.4 Å². The maximum absolute atomic E-state index is 12.1. The molecule has 0 saturated heterocycles. The molecule has 1 aromatic heterocycles. The van der Waals surface area contributed by atoms with Crippen molar-refractivity contribution in [1.29, 1.82) is 5.26 Å². The number of pyridine rings is 1. The lowest BCUT2D eigenvalue weighted by Gasteiger charge is -2.09. The number of benzene rings is 1. The molecule has 0 aliphatic carbocycles. The molecule has 21 heavy (non-hydrogen) atoms. The second kappa shape index (κ2) is 6.12. The molecular formula is C14H12ClN3O2S. The Kier molecular flexibility index (Phi) is 4.46. The van der Waals surface area contributed by atoms with E-state index >= 15 is 0 Å². The van der Waals surface area contributed by atoms with E-state index in [9.17, 15) is 8.42 Å². The highest BCUT2D eigenvalue weighted by molar-refractivity contribution is 7.91. The van der Waals surface area contributed by atoms with E-state index in [0.29, 0.717) is 11.1 Å². The van der Waals surface area contributed by atoms with Gasteiger partial charge in [-0.2, -0.15) is 5.26 Å². The molecule has 1 N–H and O–H groups in total. The van der Waals surface area contributed by atoms with Crippen molar-refractivity contribution in [1.82, 2.24) is 4.98 Å². The monoisotopic (exact) mass is 321 g/mol. The minimum Gasteiger partial charge on any atom is -0.280 e. The van der Waals surface area contributed by atoms with Crippen LogP contribution in [0.4, 0.5) is 5.69 Å². The summed E-state index contributed by atoms with van der Waals surface area (Å²) in [5, 5.41) is 8.81. The molecular weight excluding hydrogens is 310 g/mol. The zero-order valence-electron chi connectivity index (χ0n) is 11.2. The van der Waals surface area contributed by atoms with Crippen LogP contribution >= 0.6 is 11.6 Å². The number of sulfonamides is 1. The van der Waals surface area contributed by atoms with Crippen molar-refractivity contribution in [3.63, 3.8) is 0 Å². The zero-order chi connectivity index (χ0) is 15.5. The number of rotatable bonds is 4. The summed E-state index contributed by atoms with van der Waals surface area (Å²) in [4.78, 5) is 3.89. The van der Waals surface area contributed by atoms with E-state index in [-0.39, 0.29) is 16.6 Å². The van der Waals surface area contributed by atoms with E-state index in [1.165, 1.54) is 0 Å². The van der Waals surface area contributed by atoms with E-state index in [0.717, 1.165) is 5.56 Å². The summed E-state index contributed by atoms with van der Waals surface area (Å²) in [6, 6.07) is 9.96. The molecule has 2 rings (SSSR count). The predicted octanol–water partition coefficient (Wildman–Crippen LogP) is 2.86. The summed E-state index contributed by atoms with van der Waals surface area (Å²) in [6.45, 7) is 1.79. The van der Waals surface area contributed by atoms with E-state index in [4.69, 9.17) is 16.9 Å². The molecule has 0 bridgehead atoms. The van der Waals surface area contributed by atoms with Crippen LogP contribution in [0.2, 0.25) is 5.15 Å². The summed E-state index contributed by atoms with van der Waals surface area (Å²) in [7, 11) is -3.60. The van der Waals surface area contributed by atoms with Gasteiger partial charge in [0, 0.05) is 6.20 Å². The Labute approximate surface area is 128 Å². The summed E-state index contributed by atoms with van der Waals surface area (Å²) in [6.07, 6.45) is 1.56. The fraction of sp³-hybridized carbons (Fsp3) is 0.143. The minimum absolute atomic E-state index is 0.101. The number of halogens is 1. The van der Waals surface area contributed by atoms with E-state index in [1.807, 2.05) is 6.07 Å². The predicted molar refractivity (Wildman–Crippen MR) is 81.4 cm³/mol. The van der Waals surface area contributed by atoms with Crippen LogP contribution in [-0.2, 0) is 15.8 Å². The van der Waals surface area contributed by atoms with Crippen LogP contribution in [0, 0.1) is 18.3 Å². The smallest absolute Gasteiger partial charge is 0.237 e. The average molecular weight is 322 g/mol. The molecule has 0 amide bonds. The molecule has 0 aliphatic rings. The highest BCUT2D eigenvalue weighted by atomic mass is 35.5. The molecule has 0 saturated carbocycles. The Hall–Kier alpha value is -2.10. The third kappa shape index (κ3) is 4.18. The largest absolute Gasteiger partial charge is 0.280 e. The molecule has 2 aromatic rings. The number of nitrogens with zero attached hydrogens (tertiary/aromatic N) is 2. The van der Waals surface area contributed by atoms with Gasteiger partial charge in [0.2, 0.25) is 10.0 Å². The van der Waals surface area contributed by atoms with E-state index < -0.39 is 10.0 Å². The van der Waals surface area contributed by atoms with Crippen LogP contribution in [0.25, 0.3) is 0 Å². The number of anilines is 1. The Balaban J connectivity index is 2.18. The van der Waals surface area contributed by atoms with Crippen LogP contribution in [0.3, 0.4) is 0 Å². The first-order valence-corrected chi connectivity index (χ1v) is 8.04. The van der Waals surface area contributed by atoms with Gasteiger partial charge < -0.3 is 0 Å². The number of aromatic nitrogens is 1. The standard InChI is InChI=1S/C14H12ClN3O2S/c1-10-6-13(14(15)17-8-10)18-21(19,20)9-12-4-2-11(7-16)3-5-12/h2-6,8,18H,9H2,1H3. The topological polar surface area (TPSA) is 82.8 Å². The first-order chi connectivity index (χ1) is 9.89. The molecule has 0 aliphatic heterocycles. The molecule has 1 heterocycles. The van der Waals surface area contributed by atoms with Gasteiger partial charge in [-0.05, 0) is 36.2 Å². The Morgan fingerprint density at radius 3 is 2.62 bits per heavy atom. The second-order valence-electron chi connectivity index (χ2n) is 4.52. The lowest BCUT2D eigenvalue weighted by molar-refractivity contribution is 0.600. The third-order valence-corrected chi connectivity index (χ3v) is 4.23. The minimum atomic E-state index is -3.60. The van der Waals surface area contributed by atoms with Crippen LogP contribution in [0.15, 0.2) is 36.5 Å². The molecule has 5 nitrogen and oxygen atoms in total. The number of hydrogen-bond acceptors (Lipinski definition) is 4. The number of hydrogen-bond donors (Lipinski definition) is 1. The van der Waals surface area contributed by atoms with Crippen molar-refractivity contribution in [3.8, 4) is 6.07 Å². The normalized spacial score (nSPS) is 10.9. The molecule has 7 heteroatoms. The fourth-order valence-electron chi connectivity index (χ4n) is 1.72. The number of nitrogens with one attached hydrogen (secondary N) is 1.